The van der Waals surface area contributed by atoms with Gasteiger partial charge in [0, 0.05) is 63.2 Å². The number of esters is 1. The zero-order chi connectivity index (χ0) is 53.5. The second-order valence-corrected chi connectivity index (χ2v) is 22.0. The Morgan fingerprint density at radius 1 is 0.972 bits per heavy atom. The summed E-state index contributed by atoms with van der Waals surface area (Å²) in [4.78, 5) is 29.9. The lowest BCUT2D eigenvalue weighted by molar-refractivity contribution is -0.318. The number of aliphatic hydroxyl groups is 5. The molecule has 1 amide bonds. The first kappa shape index (κ1) is 59.7. The summed E-state index contributed by atoms with van der Waals surface area (Å²) in [5, 5.41) is 77.6. The van der Waals surface area contributed by atoms with Gasteiger partial charge in [-0.25, -0.2) is 5.48 Å². The number of carbonyl (C=O) groups is 2. The number of hydroxylamine groups is 1. The number of cyclic esters (lactones) is 1. The van der Waals surface area contributed by atoms with E-state index in [9.17, 15) is 35.1 Å². The lowest BCUT2D eigenvalue weighted by Crippen LogP contribution is -2.60. The summed E-state index contributed by atoms with van der Waals surface area (Å²) < 4.78 is 40.2. The summed E-state index contributed by atoms with van der Waals surface area (Å²) in [6.07, 6.45) is -4.98. The molecule has 0 radical (unpaired) electrons. The van der Waals surface area contributed by atoms with Crippen LogP contribution in [0.1, 0.15) is 126 Å². The van der Waals surface area contributed by atoms with Gasteiger partial charge in [0.15, 0.2) is 12.6 Å². The van der Waals surface area contributed by atoms with E-state index < -0.39 is 114 Å². The molecule has 18 atom stereocenters. The maximum Gasteiger partial charge on any atom is 0.311 e. The summed E-state index contributed by atoms with van der Waals surface area (Å²) in [6, 6.07) is 6.82. The molecule has 1 aromatic heterocycles. The smallest absolute Gasteiger partial charge is 0.311 e. The number of benzene rings is 1. The summed E-state index contributed by atoms with van der Waals surface area (Å²) >= 11 is 0. The van der Waals surface area contributed by atoms with Crippen molar-refractivity contribution in [3.63, 3.8) is 0 Å². The molecule has 4 heterocycles. The Bertz CT molecular complexity index is 2030. The van der Waals surface area contributed by atoms with Crippen molar-refractivity contribution >= 4 is 11.9 Å². The minimum absolute atomic E-state index is 0.0915. The number of likely N-dealkylation sites (N-methyl/N-ethyl adjacent to an activating group) is 2. The van der Waals surface area contributed by atoms with Gasteiger partial charge in [0.1, 0.15) is 35.7 Å². The fraction of sp³-hybridized carbons (Fsp3) is 0.808. The topological polar surface area (TPSA) is 260 Å². The molecule has 0 aliphatic carbocycles. The molecule has 3 fully saturated rings. The first-order chi connectivity index (χ1) is 33.8. The van der Waals surface area contributed by atoms with E-state index in [0.29, 0.717) is 38.2 Å². The van der Waals surface area contributed by atoms with Gasteiger partial charge in [-0.2, -0.15) is 0 Å². The quantitative estimate of drug-likeness (QED) is 0.0546. The van der Waals surface area contributed by atoms with Crippen molar-refractivity contribution in [2.75, 3.05) is 27.7 Å². The zero-order valence-corrected chi connectivity index (χ0v) is 45.0. The highest BCUT2D eigenvalue weighted by Crippen LogP contribution is 2.40. The highest BCUT2D eigenvalue weighted by molar-refractivity contribution is 5.74. The van der Waals surface area contributed by atoms with Gasteiger partial charge in [0.2, 0.25) is 5.91 Å². The van der Waals surface area contributed by atoms with Crippen molar-refractivity contribution in [3.8, 4) is 11.3 Å². The maximum absolute atomic E-state index is 14.5. The number of carbonyl (C=O) groups excluding carboxylic acids is 2. The van der Waals surface area contributed by atoms with E-state index >= 15 is 0 Å². The number of hydrogen-bond donors (Lipinski definition) is 7. The van der Waals surface area contributed by atoms with Gasteiger partial charge in [-0.05, 0) is 106 Å². The van der Waals surface area contributed by atoms with E-state index in [-0.39, 0.29) is 31.6 Å². The number of hydrogen-bond acceptors (Lipinski definition) is 18. The van der Waals surface area contributed by atoms with Crippen molar-refractivity contribution in [1.82, 2.24) is 30.3 Å². The lowest BCUT2D eigenvalue weighted by atomic mass is 9.77. The SMILES string of the molecule is CC[C@@H]1OC(=O)[C@H](C)[C@@H](O[C@@H]2C[C@](C)(OC)[C@H](O)[C@@H](C)O2)[C@@H](C)[C@@H](O[C@@H]2O[C@H](C)C[C@H](N(C)Cc3ccccc3-c3cn(CCCCCC(=O)NO)nn3)[C@H]2O)[C@](C)(O)C[C@@H](C)CN(C)[C@H](C)[C@@H](O)[C@]1(C)O. The molecule has 20 heteroatoms. The Morgan fingerprint density at radius 2 is 1.67 bits per heavy atom. The first-order valence-electron chi connectivity index (χ1n) is 26.0. The van der Waals surface area contributed by atoms with Gasteiger partial charge >= 0.3 is 5.97 Å². The third-order valence-electron chi connectivity index (χ3n) is 15.8. The Kier molecular flexibility index (Phi) is 21.2. The molecule has 0 saturated carbocycles. The van der Waals surface area contributed by atoms with Crippen LogP contribution >= 0.6 is 0 Å². The predicted octanol–water partition coefficient (Wildman–Crippen LogP) is 3.80. The average Bonchev–Trinajstić information content (AvgIpc) is 3.81. The van der Waals surface area contributed by atoms with Gasteiger partial charge in [-0.15, -0.1) is 5.10 Å². The van der Waals surface area contributed by atoms with E-state index in [1.54, 1.807) is 51.7 Å². The number of aromatic nitrogens is 3. The van der Waals surface area contributed by atoms with E-state index in [1.807, 2.05) is 70.2 Å². The van der Waals surface area contributed by atoms with Crippen LogP contribution in [0.5, 0.6) is 0 Å². The molecular formula is C52H88N6O14. The van der Waals surface area contributed by atoms with Crippen LogP contribution < -0.4 is 5.48 Å². The fourth-order valence-corrected chi connectivity index (χ4v) is 11.3. The lowest BCUT2D eigenvalue weighted by Gasteiger charge is -2.49. The van der Waals surface area contributed by atoms with Crippen LogP contribution in [0.4, 0.5) is 0 Å². The molecule has 0 spiro atoms. The van der Waals surface area contributed by atoms with Crippen molar-refractivity contribution in [3.05, 3.63) is 36.0 Å². The number of nitrogens with one attached hydrogen (secondary N) is 1. The summed E-state index contributed by atoms with van der Waals surface area (Å²) in [5.74, 6) is -3.25. The molecule has 20 nitrogen and oxygen atoms in total. The molecule has 3 aliphatic heterocycles. The van der Waals surface area contributed by atoms with E-state index in [4.69, 9.17) is 33.6 Å². The second-order valence-electron chi connectivity index (χ2n) is 22.0. The number of rotatable bonds is 16. The molecule has 5 rings (SSSR count). The number of amides is 1. The Labute approximate surface area is 426 Å². The molecule has 1 aromatic carbocycles. The number of ether oxygens (including phenoxy) is 6. The van der Waals surface area contributed by atoms with E-state index in [2.05, 4.69) is 15.2 Å². The minimum Gasteiger partial charge on any atom is -0.459 e. The summed E-state index contributed by atoms with van der Waals surface area (Å²) in [6.45, 7) is 19.0. The van der Waals surface area contributed by atoms with Crippen LogP contribution in [-0.4, -0.2) is 185 Å². The number of methoxy groups -OCH3 is 1. The summed E-state index contributed by atoms with van der Waals surface area (Å²) in [7, 11) is 5.27. The molecule has 410 valence electrons. The van der Waals surface area contributed by atoms with Gasteiger partial charge in [0.05, 0.1) is 47.7 Å². The zero-order valence-electron chi connectivity index (χ0n) is 45.0. The highest BCUT2D eigenvalue weighted by Gasteiger charge is 2.53. The van der Waals surface area contributed by atoms with E-state index in [1.165, 1.54) is 14.0 Å². The molecule has 0 unspecified atom stereocenters. The molecule has 7 N–H and O–H groups in total. The monoisotopic (exact) mass is 1020 g/mol. The highest BCUT2D eigenvalue weighted by atomic mass is 16.7. The molecule has 72 heavy (non-hydrogen) atoms. The van der Waals surface area contributed by atoms with Crippen LogP contribution in [0.15, 0.2) is 30.5 Å². The van der Waals surface area contributed by atoms with Crippen LogP contribution in [-0.2, 0) is 51.1 Å². The van der Waals surface area contributed by atoms with Gasteiger partial charge < -0.3 is 58.9 Å². The van der Waals surface area contributed by atoms with Crippen molar-refractivity contribution in [1.29, 1.82) is 0 Å². The first-order valence-corrected chi connectivity index (χ1v) is 26.0. The Balaban J connectivity index is 1.47. The van der Waals surface area contributed by atoms with Crippen molar-refractivity contribution < 1.29 is 68.8 Å². The van der Waals surface area contributed by atoms with Crippen molar-refractivity contribution in [2.45, 2.75) is 224 Å². The normalized spacial score (nSPS) is 39.0. The van der Waals surface area contributed by atoms with Crippen LogP contribution in [0, 0.1) is 17.8 Å². The molecule has 2 aromatic rings. The van der Waals surface area contributed by atoms with Gasteiger partial charge in [-0.1, -0.05) is 56.7 Å². The third kappa shape index (κ3) is 14.4. The van der Waals surface area contributed by atoms with Crippen LogP contribution in [0.2, 0.25) is 0 Å². The number of nitrogens with zero attached hydrogens (tertiary/aromatic N) is 5. The standard InChI is InChI=1S/C52H88N6O14/c1-14-40-52(10,65)45(61)34(6)56(11)27-30(2)25-50(8,64)47(32(4)44(33(5)48(63)70-40)71-42-26-51(9,67-13)46(62)35(7)69-42)72-49-43(60)39(24-31(3)68-49)57(12)28-36-20-17-18-21-37(36)38-29-58(55-53-38)23-19-15-16-22-41(59)54-66/h17-18,20-21,29-35,39-40,42-47,49,60-62,64-66H,14-16,19,22-28H2,1-13H3,(H,54,59)/t30-,31-,32-,33-,34-,35-,39+,40+,42-,43-,44+,45-,46-,47-,49+,50-,51+,52-/m1/s1. The Hall–Kier alpha value is -3.22. The predicted molar refractivity (Wildman–Crippen MR) is 266 cm³/mol. The maximum atomic E-state index is 14.5. The van der Waals surface area contributed by atoms with Crippen LogP contribution in [0.3, 0.4) is 0 Å². The Morgan fingerprint density at radius 3 is 2.33 bits per heavy atom. The average molecular weight is 1020 g/mol. The second kappa shape index (κ2) is 25.5. The fourth-order valence-electron chi connectivity index (χ4n) is 11.3. The van der Waals surface area contributed by atoms with Crippen molar-refractivity contribution in [2.24, 2.45) is 17.8 Å². The van der Waals surface area contributed by atoms with Gasteiger partial charge in [-0.3, -0.25) is 24.4 Å². The largest absolute Gasteiger partial charge is 0.459 e. The number of unbranched alkanes of at least 4 members (excludes halogenated alkanes) is 2. The van der Waals surface area contributed by atoms with E-state index in [0.717, 1.165) is 24.0 Å². The number of aryl methyl sites for hydroxylation is 1. The molecule has 0 bridgehead atoms. The molecule has 3 aliphatic rings. The molecule has 3 saturated heterocycles. The third-order valence-corrected chi connectivity index (χ3v) is 15.8. The molecular weight excluding hydrogens is 933 g/mol. The van der Waals surface area contributed by atoms with Crippen LogP contribution in [0.25, 0.3) is 11.3 Å². The summed E-state index contributed by atoms with van der Waals surface area (Å²) in [5.41, 5.74) is -0.389. The van der Waals surface area contributed by atoms with Gasteiger partial charge in [0.25, 0.3) is 0 Å². The minimum atomic E-state index is -1.85. The number of aliphatic hydroxyl groups excluding tert-OH is 3.